The van der Waals surface area contributed by atoms with Crippen LogP contribution in [0.15, 0.2) is 52.9 Å². The van der Waals surface area contributed by atoms with E-state index in [9.17, 15) is 13.2 Å². The molecule has 1 amide bonds. The number of amides is 1. The number of fused-ring (bicyclic) bond motifs is 1. The minimum Gasteiger partial charge on any atom is -0.296 e. The van der Waals surface area contributed by atoms with Gasteiger partial charge in [0.25, 0.3) is 20.3 Å². The summed E-state index contributed by atoms with van der Waals surface area (Å²) in [6.45, 7) is 3.75. The molecule has 4 rings (SSSR count). The summed E-state index contributed by atoms with van der Waals surface area (Å²) < 4.78 is 27.5. The molecule has 0 spiro atoms. The fraction of sp³-hybridized carbons (Fsp3) is 0.211. The SMILES string of the molecule is Cc1cccc(C(=O)Nc2nnc(S(=O)(=O)N3c4ccccc4C[C@H]3C)s2)c1. The van der Waals surface area contributed by atoms with Crippen molar-refractivity contribution in [3.8, 4) is 0 Å². The number of hydrogen-bond donors (Lipinski definition) is 1. The molecule has 9 heteroatoms. The molecule has 0 bridgehead atoms. The maximum absolute atomic E-state index is 13.1. The van der Waals surface area contributed by atoms with Gasteiger partial charge in [-0.15, -0.1) is 10.2 Å². The Balaban J connectivity index is 1.59. The van der Waals surface area contributed by atoms with Gasteiger partial charge in [-0.2, -0.15) is 8.42 Å². The van der Waals surface area contributed by atoms with Crippen LogP contribution in [0.5, 0.6) is 0 Å². The number of benzene rings is 2. The molecule has 1 aliphatic rings. The predicted octanol–water partition coefficient (Wildman–Crippen LogP) is 3.24. The van der Waals surface area contributed by atoms with Crippen LogP contribution in [0.3, 0.4) is 0 Å². The third-order valence-corrected chi connectivity index (χ3v) is 7.64. The third kappa shape index (κ3) is 3.27. The van der Waals surface area contributed by atoms with Gasteiger partial charge in [0.05, 0.1) is 5.69 Å². The van der Waals surface area contributed by atoms with E-state index >= 15 is 0 Å². The first-order valence-corrected chi connectivity index (χ1v) is 11.0. The van der Waals surface area contributed by atoms with Crippen LogP contribution in [-0.2, 0) is 16.4 Å². The molecule has 1 N–H and O–H groups in total. The Morgan fingerprint density at radius 1 is 1.18 bits per heavy atom. The number of para-hydroxylation sites is 1. The molecular weight excluding hydrogens is 396 g/mol. The molecular formula is C19H18N4O3S2. The van der Waals surface area contributed by atoms with Crippen molar-refractivity contribution in [2.45, 2.75) is 30.6 Å². The predicted molar refractivity (Wildman–Crippen MR) is 108 cm³/mol. The molecule has 0 saturated heterocycles. The molecule has 2 aromatic carbocycles. The van der Waals surface area contributed by atoms with Crippen molar-refractivity contribution in [3.05, 3.63) is 65.2 Å². The highest BCUT2D eigenvalue weighted by Gasteiger charge is 2.38. The standard InChI is InChI=1S/C19H18N4O3S2/c1-12-6-5-8-15(10-12)17(24)20-18-21-22-19(27-18)28(25,26)23-13(2)11-14-7-3-4-9-16(14)23/h3-10,13H,11H2,1-2H3,(H,20,21,24)/t13-/m1/s1. The monoisotopic (exact) mass is 414 g/mol. The van der Waals surface area contributed by atoms with Gasteiger partial charge in [-0.3, -0.25) is 14.4 Å². The zero-order valence-electron chi connectivity index (χ0n) is 15.3. The van der Waals surface area contributed by atoms with Crippen LogP contribution in [0, 0.1) is 6.92 Å². The van der Waals surface area contributed by atoms with Crippen LogP contribution in [0.1, 0.15) is 28.4 Å². The number of anilines is 2. The lowest BCUT2D eigenvalue weighted by atomic mass is 10.1. The number of rotatable bonds is 4. The molecule has 0 aliphatic carbocycles. The summed E-state index contributed by atoms with van der Waals surface area (Å²) in [7, 11) is -3.86. The maximum atomic E-state index is 13.1. The highest BCUT2D eigenvalue weighted by atomic mass is 32.2. The summed E-state index contributed by atoms with van der Waals surface area (Å²) in [6, 6.07) is 14.3. The van der Waals surface area contributed by atoms with Gasteiger partial charge in [0.1, 0.15) is 0 Å². The average Bonchev–Trinajstić information content (AvgIpc) is 3.25. The van der Waals surface area contributed by atoms with Crippen molar-refractivity contribution >= 4 is 38.1 Å². The summed E-state index contributed by atoms with van der Waals surface area (Å²) in [5.41, 5.74) is 3.07. The Bertz CT molecular complexity index is 1160. The Kier molecular flexibility index (Phi) is 4.64. The second-order valence-electron chi connectivity index (χ2n) is 6.68. The number of nitrogens with one attached hydrogen (secondary N) is 1. The Hall–Kier alpha value is -2.78. The molecule has 7 nitrogen and oxygen atoms in total. The lowest BCUT2D eigenvalue weighted by molar-refractivity contribution is 0.102. The van der Waals surface area contributed by atoms with Gasteiger partial charge in [-0.05, 0) is 44.0 Å². The smallest absolute Gasteiger partial charge is 0.293 e. The van der Waals surface area contributed by atoms with E-state index in [4.69, 9.17) is 0 Å². The van der Waals surface area contributed by atoms with Crippen LogP contribution < -0.4 is 9.62 Å². The van der Waals surface area contributed by atoms with Crippen molar-refractivity contribution in [2.75, 3.05) is 9.62 Å². The van der Waals surface area contributed by atoms with E-state index in [1.54, 1.807) is 24.3 Å². The van der Waals surface area contributed by atoms with E-state index in [1.807, 2.05) is 38.1 Å². The van der Waals surface area contributed by atoms with E-state index in [2.05, 4.69) is 15.5 Å². The zero-order valence-corrected chi connectivity index (χ0v) is 16.9. The second kappa shape index (κ2) is 6.99. The van der Waals surface area contributed by atoms with E-state index in [-0.39, 0.29) is 21.4 Å². The van der Waals surface area contributed by atoms with Crippen molar-refractivity contribution in [1.82, 2.24) is 10.2 Å². The molecule has 0 saturated carbocycles. The molecule has 0 unspecified atom stereocenters. The van der Waals surface area contributed by atoms with Crippen molar-refractivity contribution < 1.29 is 13.2 Å². The molecule has 0 radical (unpaired) electrons. The van der Waals surface area contributed by atoms with Crippen LogP contribution in [-0.4, -0.2) is 30.6 Å². The van der Waals surface area contributed by atoms with E-state index < -0.39 is 10.0 Å². The third-order valence-electron chi connectivity index (χ3n) is 4.53. The fourth-order valence-electron chi connectivity index (χ4n) is 3.31. The number of carbonyl (C=O) groups excluding carboxylic acids is 1. The molecule has 1 atom stereocenters. The summed E-state index contributed by atoms with van der Waals surface area (Å²) in [6.07, 6.45) is 0.644. The van der Waals surface area contributed by atoms with E-state index in [0.717, 1.165) is 22.5 Å². The zero-order chi connectivity index (χ0) is 19.9. The number of aryl methyl sites for hydroxylation is 1. The highest BCUT2D eigenvalue weighted by Crippen LogP contribution is 2.37. The van der Waals surface area contributed by atoms with Gasteiger partial charge in [-0.1, -0.05) is 47.2 Å². The minimum absolute atomic E-state index is 0.143. The number of hydrogen-bond acceptors (Lipinski definition) is 6. The quantitative estimate of drug-likeness (QED) is 0.662. The summed E-state index contributed by atoms with van der Waals surface area (Å²) in [4.78, 5) is 12.4. The molecule has 2 heterocycles. The van der Waals surface area contributed by atoms with Crippen LogP contribution in [0.4, 0.5) is 10.8 Å². The summed E-state index contributed by atoms with van der Waals surface area (Å²) >= 11 is 0.847. The van der Waals surface area contributed by atoms with Crippen LogP contribution in [0.25, 0.3) is 0 Å². The van der Waals surface area contributed by atoms with Crippen molar-refractivity contribution in [3.63, 3.8) is 0 Å². The molecule has 3 aromatic rings. The maximum Gasteiger partial charge on any atom is 0.293 e. The number of nitrogens with zero attached hydrogens (tertiary/aromatic N) is 3. The first-order chi connectivity index (χ1) is 13.4. The Morgan fingerprint density at radius 3 is 2.75 bits per heavy atom. The second-order valence-corrected chi connectivity index (χ2v) is 9.65. The average molecular weight is 415 g/mol. The van der Waals surface area contributed by atoms with E-state index in [1.165, 1.54) is 4.31 Å². The van der Waals surface area contributed by atoms with Gasteiger partial charge in [0.15, 0.2) is 0 Å². The molecule has 1 aliphatic heterocycles. The van der Waals surface area contributed by atoms with Gasteiger partial charge in [0.2, 0.25) is 5.13 Å². The first-order valence-electron chi connectivity index (χ1n) is 8.70. The topological polar surface area (TPSA) is 92.3 Å². The number of aromatic nitrogens is 2. The van der Waals surface area contributed by atoms with E-state index in [0.29, 0.717) is 17.7 Å². The molecule has 28 heavy (non-hydrogen) atoms. The van der Waals surface area contributed by atoms with Crippen molar-refractivity contribution in [1.29, 1.82) is 0 Å². The first kappa shape index (κ1) is 18.6. The highest BCUT2D eigenvalue weighted by molar-refractivity contribution is 7.94. The molecule has 1 aromatic heterocycles. The Labute approximate surface area is 167 Å². The van der Waals surface area contributed by atoms with Crippen LogP contribution in [0.2, 0.25) is 0 Å². The lowest BCUT2D eigenvalue weighted by Crippen LogP contribution is -2.35. The largest absolute Gasteiger partial charge is 0.296 e. The van der Waals surface area contributed by atoms with Gasteiger partial charge < -0.3 is 0 Å². The normalized spacial score (nSPS) is 16.1. The lowest BCUT2D eigenvalue weighted by Gasteiger charge is -2.22. The Morgan fingerprint density at radius 2 is 1.96 bits per heavy atom. The minimum atomic E-state index is -3.86. The number of sulfonamides is 1. The fourth-order valence-corrected chi connectivity index (χ4v) is 5.98. The molecule has 0 fully saturated rings. The van der Waals surface area contributed by atoms with Gasteiger partial charge in [0, 0.05) is 11.6 Å². The summed E-state index contributed by atoms with van der Waals surface area (Å²) in [5, 5.41) is 10.4. The van der Waals surface area contributed by atoms with Crippen LogP contribution >= 0.6 is 11.3 Å². The van der Waals surface area contributed by atoms with Gasteiger partial charge in [-0.25, -0.2) is 0 Å². The van der Waals surface area contributed by atoms with Crippen molar-refractivity contribution in [2.24, 2.45) is 0 Å². The molecule has 144 valence electrons. The number of carbonyl (C=O) groups is 1. The van der Waals surface area contributed by atoms with Gasteiger partial charge >= 0.3 is 0 Å². The summed E-state index contributed by atoms with van der Waals surface area (Å²) in [5.74, 6) is -0.358.